The van der Waals surface area contributed by atoms with E-state index in [1.165, 1.54) is 64.2 Å². The summed E-state index contributed by atoms with van der Waals surface area (Å²) in [5, 5.41) is 0. The fourth-order valence-electron chi connectivity index (χ4n) is 1.90. The third-order valence-corrected chi connectivity index (χ3v) is 2.94. The zero-order valence-electron chi connectivity index (χ0n) is 11.0. The predicted octanol–water partition coefficient (Wildman–Crippen LogP) is 5.49. The highest BCUT2D eigenvalue weighted by molar-refractivity contribution is 5.08. The SMILES string of the molecule is C#CC=CCCCCCCCCCCCC. The summed E-state index contributed by atoms with van der Waals surface area (Å²) in [7, 11) is 0. The molecule has 0 unspecified atom stereocenters. The zero-order valence-corrected chi connectivity index (χ0v) is 11.0. The van der Waals surface area contributed by atoms with Crippen LogP contribution in [0.5, 0.6) is 0 Å². The molecule has 0 atom stereocenters. The fourth-order valence-corrected chi connectivity index (χ4v) is 1.90. The molecular formula is C16H28. The third kappa shape index (κ3) is 13.3. The Labute approximate surface area is 103 Å². The van der Waals surface area contributed by atoms with E-state index in [4.69, 9.17) is 6.42 Å². The van der Waals surface area contributed by atoms with Crippen molar-refractivity contribution >= 4 is 0 Å². The van der Waals surface area contributed by atoms with Crippen LogP contribution in [-0.4, -0.2) is 0 Å². The molecule has 0 aromatic heterocycles. The summed E-state index contributed by atoms with van der Waals surface area (Å²) >= 11 is 0. The van der Waals surface area contributed by atoms with E-state index < -0.39 is 0 Å². The van der Waals surface area contributed by atoms with Gasteiger partial charge in [0.15, 0.2) is 0 Å². The maximum atomic E-state index is 5.12. The standard InChI is InChI=1S/C16H28/c1-3-5-7-9-11-13-15-16-14-12-10-8-6-4-2/h1,5,7H,4,6,8-16H2,2H3. The Morgan fingerprint density at radius 3 is 1.81 bits per heavy atom. The van der Waals surface area contributed by atoms with Crippen molar-refractivity contribution in [3.8, 4) is 12.3 Å². The maximum absolute atomic E-state index is 5.12. The molecule has 0 heteroatoms. The van der Waals surface area contributed by atoms with Crippen molar-refractivity contribution in [3.05, 3.63) is 12.2 Å². The average molecular weight is 220 g/mol. The molecule has 0 amide bonds. The van der Waals surface area contributed by atoms with Crippen LogP contribution in [0.3, 0.4) is 0 Å². The molecule has 0 radical (unpaired) electrons. The van der Waals surface area contributed by atoms with Crippen LogP contribution in [-0.2, 0) is 0 Å². The number of terminal acetylenes is 1. The first-order valence-electron chi connectivity index (χ1n) is 7.03. The van der Waals surface area contributed by atoms with Gasteiger partial charge in [0.05, 0.1) is 0 Å². The molecule has 0 aliphatic carbocycles. The lowest BCUT2D eigenvalue weighted by molar-refractivity contribution is 0.557. The van der Waals surface area contributed by atoms with Gasteiger partial charge in [0.2, 0.25) is 0 Å². The highest BCUT2D eigenvalue weighted by atomic mass is 14.0. The molecule has 0 aliphatic rings. The minimum atomic E-state index is 1.15. The van der Waals surface area contributed by atoms with Gasteiger partial charge in [-0.2, -0.15) is 0 Å². The van der Waals surface area contributed by atoms with E-state index in [1.807, 2.05) is 6.08 Å². The minimum Gasteiger partial charge on any atom is -0.115 e. The van der Waals surface area contributed by atoms with Gasteiger partial charge in [-0.05, 0) is 18.9 Å². The Morgan fingerprint density at radius 1 is 0.812 bits per heavy atom. The van der Waals surface area contributed by atoms with E-state index in [-0.39, 0.29) is 0 Å². The first kappa shape index (κ1) is 15.3. The molecule has 0 spiro atoms. The lowest BCUT2D eigenvalue weighted by Crippen LogP contribution is -1.81. The van der Waals surface area contributed by atoms with Gasteiger partial charge in [-0.3, -0.25) is 0 Å². The normalized spacial score (nSPS) is 10.8. The molecule has 0 N–H and O–H groups in total. The zero-order chi connectivity index (χ0) is 11.9. The number of allylic oxidation sites excluding steroid dienone is 2. The number of unbranched alkanes of at least 4 members (excludes halogenated alkanes) is 10. The van der Waals surface area contributed by atoms with E-state index in [1.54, 1.807) is 0 Å². The quantitative estimate of drug-likeness (QED) is 0.319. The topological polar surface area (TPSA) is 0 Å². The number of hydrogen-bond acceptors (Lipinski definition) is 0. The highest BCUT2D eigenvalue weighted by Crippen LogP contribution is 2.11. The molecule has 0 aliphatic heterocycles. The van der Waals surface area contributed by atoms with Crippen molar-refractivity contribution in [3.63, 3.8) is 0 Å². The van der Waals surface area contributed by atoms with Crippen LogP contribution in [0.4, 0.5) is 0 Å². The molecule has 0 aromatic rings. The van der Waals surface area contributed by atoms with Crippen LogP contribution in [0.25, 0.3) is 0 Å². The predicted molar refractivity (Wildman–Crippen MR) is 74.4 cm³/mol. The van der Waals surface area contributed by atoms with Crippen molar-refractivity contribution in [2.75, 3.05) is 0 Å². The van der Waals surface area contributed by atoms with Crippen LogP contribution in [0.15, 0.2) is 12.2 Å². The van der Waals surface area contributed by atoms with Gasteiger partial charge in [0.1, 0.15) is 0 Å². The molecule has 0 saturated heterocycles. The summed E-state index contributed by atoms with van der Waals surface area (Å²) in [4.78, 5) is 0. The molecule has 0 bridgehead atoms. The van der Waals surface area contributed by atoms with Gasteiger partial charge in [-0.25, -0.2) is 0 Å². The Morgan fingerprint density at radius 2 is 1.31 bits per heavy atom. The largest absolute Gasteiger partial charge is 0.115 e. The smallest absolute Gasteiger partial charge is 0.0162 e. The van der Waals surface area contributed by atoms with Crippen molar-refractivity contribution < 1.29 is 0 Å². The Hall–Kier alpha value is -0.700. The molecule has 0 aromatic carbocycles. The minimum absolute atomic E-state index is 1.15. The van der Waals surface area contributed by atoms with E-state index in [9.17, 15) is 0 Å². The van der Waals surface area contributed by atoms with Crippen LogP contribution in [0.1, 0.15) is 77.6 Å². The van der Waals surface area contributed by atoms with Gasteiger partial charge >= 0.3 is 0 Å². The molecule has 0 heterocycles. The van der Waals surface area contributed by atoms with E-state index in [0.29, 0.717) is 0 Å². The second-order valence-corrected chi connectivity index (χ2v) is 4.54. The van der Waals surface area contributed by atoms with Crippen LogP contribution in [0, 0.1) is 12.3 Å². The summed E-state index contributed by atoms with van der Waals surface area (Å²) in [6.45, 7) is 2.27. The van der Waals surface area contributed by atoms with E-state index >= 15 is 0 Å². The highest BCUT2D eigenvalue weighted by Gasteiger charge is 1.91. The summed E-state index contributed by atoms with van der Waals surface area (Å²) in [6, 6.07) is 0. The van der Waals surface area contributed by atoms with Gasteiger partial charge in [-0.1, -0.05) is 76.7 Å². The van der Waals surface area contributed by atoms with Gasteiger partial charge < -0.3 is 0 Å². The Bertz CT molecular complexity index is 183. The van der Waals surface area contributed by atoms with Crippen molar-refractivity contribution in [1.82, 2.24) is 0 Å². The molecular weight excluding hydrogens is 192 g/mol. The first-order valence-corrected chi connectivity index (χ1v) is 7.03. The molecule has 0 nitrogen and oxygen atoms in total. The van der Waals surface area contributed by atoms with Crippen molar-refractivity contribution in [1.29, 1.82) is 0 Å². The van der Waals surface area contributed by atoms with Crippen LogP contribution < -0.4 is 0 Å². The molecule has 92 valence electrons. The molecule has 0 fully saturated rings. The Balaban J connectivity index is 2.94. The summed E-state index contributed by atoms with van der Waals surface area (Å²) in [5.41, 5.74) is 0. The first-order chi connectivity index (χ1) is 7.91. The van der Waals surface area contributed by atoms with E-state index in [0.717, 1.165) is 6.42 Å². The van der Waals surface area contributed by atoms with Crippen molar-refractivity contribution in [2.45, 2.75) is 77.6 Å². The lowest BCUT2D eigenvalue weighted by Gasteiger charge is -2.01. The maximum Gasteiger partial charge on any atom is -0.0162 e. The second kappa shape index (κ2) is 14.3. The molecule has 0 saturated carbocycles. The third-order valence-electron chi connectivity index (χ3n) is 2.94. The Kier molecular flexibility index (Phi) is 13.7. The van der Waals surface area contributed by atoms with Crippen LogP contribution in [0.2, 0.25) is 0 Å². The molecule has 0 rings (SSSR count). The van der Waals surface area contributed by atoms with Gasteiger partial charge in [0.25, 0.3) is 0 Å². The molecule has 16 heavy (non-hydrogen) atoms. The summed E-state index contributed by atoms with van der Waals surface area (Å²) in [5.74, 6) is 2.52. The summed E-state index contributed by atoms with van der Waals surface area (Å²) in [6.07, 6.45) is 24.2. The number of rotatable bonds is 11. The van der Waals surface area contributed by atoms with Crippen molar-refractivity contribution in [2.24, 2.45) is 0 Å². The monoisotopic (exact) mass is 220 g/mol. The van der Waals surface area contributed by atoms with Gasteiger partial charge in [-0.15, -0.1) is 6.42 Å². The average Bonchev–Trinajstić information content (AvgIpc) is 2.31. The fraction of sp³-hybridized carbons (Fsp3) is 0.750. The summed E-state index contributed by atoms with van der Waals surface area (Å²) < 4.78 is 0. The van der Waals surface area contributed by atoms with E-state index in [2.05, 4.69) is 18.9 Å². The van der Waals surface area contributed by atoms with Crippen LogP contribution >= 0.6 is 0 Å². The number of hydrogen-bond donors (Lipinski definition) is 0. The lowest BCUT2D eigenvalue weighted by atomic mass is 10.1. The van der Waals surface area contributed by atoms with Gasteiger partial charge in [0, 0.05) is 0 Å². The second-order valence-electron chi connectivity index (χ2n) is 4.54.